The normalized spacial score (nSPS) is 14.8. The van der Waals surface area contributed by atoms with Gasteiger partial charge in [0.25, 0.3) is 0 Å². The van der Waals surface area contributed by atoms with E-state index in [4.69, 9.17) is 4.74 Å². The minimum Gasteiger partial charge on any atom is -0.459 e. The lowest BCUT2D eigenvalue weighted by atomic mass is 10.0. The summed E-state index contributed by atoms with van der Waals surface area (Å²) >= 11 is 0. The molecule has 204 valence electrons. The zero-order valence-electron chi connectivity index (χ0n) is 23.3. The lowest BCUT2D eigenvalue weighted by Crippen LogP contribution is -2.42. The van der Waals surface area contributed by atoms with E-state index in [0.717, 1.165) is 50.5 Å². The van der Waals surface area contributed by atoms with Crippen molar-refractivity contribution in [2.75, 3.05) is 0 Å². The lowest BCUT2D eigenvalue weighted by molar-refractivity contribution is -0.156. The molecular formula is C31H50O4S. The van der Waals surface area contributed by atoms with Crippen molar-refractivity contribution in [1.82, 2.24) is 0 Å². The van der Waals surface area contributed by atoms with Gasteiger partial charge in [-0.2, -0.15) is 0 Å². The molecule has 0 bridgehead atoms. The number of aryl methyl sites for hydroxylation is 1. The number of allylic oxidation sites excluding steroid dienone is 4. The monoisotopic (exact) mass is 518 g/mol. The van der Waals surface area contributed by atoms with E-state index in [9.17, 15) is 14.1 Å². The van der Waals surface area contributed by atoms with Gasteiger partial charge in [0.1, 0.15) is 5.60 Å². The van der Waals surface area contributed by atoms with Crippen molar-refractivity contribution in [3.63, 3.8) is 0 Å². The highest BCUT2D eigenvalue weighted by molar-refractivity contribution is 7.86. The van der Waals surface area contributed by atoms with Crippen molar-refractivity contribution in [3.05, 3.63) is 54.1 Å². The summed E-state index contributed by atoms with van der Waals surface area (Å²) in [6.07, 6.45) is 20.9. The lowest BCUT2D eigenvalue weighted by Gasteiger charge is -2.26. The second kappa shape index (κ2) is 18.5. The largest absolute Gasteiger partial charge is 0.459 e. The topological polar surface area (TPSA) is 63.6 Å². The van der Waals surface area contributed by atoms with Gasteiger partial charge >= 0.3 is 5.97 Å². The van der Waals surface area contributed by atoms with Crippen molar-refractivity contribution in [2.45, 2.75) is 134 Å². The highest BCUT2D eigenvalue weighted by Crippen LogP contribution is 2.23. The molecule has 0 amide bonds. The molecule has 0 aromatic heterocycles. The highest BCUT2D eigenvalue weighted by Gasteiger charge is 2.37. The summed E-state index contributed by atoms with van der Waals surface area (Å²) in [7, 11) is -1.68. The fourth-order valence-corrected chi connectivity index (χ4v) is 5.50. The summed E-state index contributed by atoms with van der Waals surface area (Å²) in [4.78, 5) is 13.5. The standard InChI is InChI=1S/C31H50O4S/c1-6-7-8-9-10-11-12-13-14-15-16-17-18-19-20-24-27(32)29(30(33)35-31(3,4)5)36(34)28-25-22-21-23-26(28)2/h10-11,13-14,21-23,25,27,29,32H,6-9,12,15-20,24H2,1-5H3/b11-10-,14-13-/t27?,29-,36?/m1/s1. The van der Waals surface area contributed by atoms with Gasteiger partial charge in [0.2, 0.25) is 0 Å². The van der Waals surface area contributed by atoms with Crippen LogP contribution in [0, 0.1) is 6.92 Å². The van der Waals surface area contributed by atoms with Crippen LogP contribution in [0.2, 0.25) is 0 Å². The quantitative estimate of drug-likeness (QED) is 0.121. The van der Waals surface area contributed by atoms with E-state index < -0.39 is 33.7 Å². The van der Waals surface area contributed by atoms with Crippen LogP contribution in [0.1, 0.15) is 110 Å². The Labute approximate surface area is 223 Å². The maximum absolute atomic E-state index is 13.3. The van der Waals surface area contributed by atoms with Gasteiger partial charge < -0.3 is 9.84 Å². The molecule has 2 unspecified atom stereocenters. The number of aliphatic hydroxyl groups excluding tert-OH is 1. The van der Waals surface area contributed by atoms with E-state index in [0.29, 0.717) is 11.3 Å². The molecule has 0 heterocycles. The molecule has 0 saturated carbocycles. The van der Waals surface area contributed by atoms with E-state index in [2.05, 4.69) is 31.2 Å². The maximum Gasteiger partial charge on any atom is 0.325 e. The van der Waals surface area contributed by atoms with Crippen LogP contribution >= 0.6 is 0 Å². The van der Waals surface area contributed by atoms with Gasteiger partial charge in [0.05, 0.1) is 16.9 Å². The van der Waals surface area contributed by atoms with Crippen molar-refractivity contribution in [2.24, 2.45) is 0 Å². The zero-order chi connectivity index (χ0) is 26.8. The van der Waals surface area contributed by atoms with Crippen molar-refractivity contribution < 1.29 is 18.8 Å². The fraction of sp³-hybridized carbons (Fsp3) is 0.645. The van der Waals surface area contributed by atoms with Crippen LogP contribution in [0.5, 0.6) is 0 Å². The fourth-order valence-electron chi connectivity index (χ4n) is 3.98. The van der Waals surface area contributed by atoms with Crippen LogP contribution in [0.3, 0.4) is 0 Å². The minimum atomic E-state index is -1.68. The summed E-state index contributed by atoms with van der Waals surface area (Å²) in [6.45, 7) is 9.45. The minimum absolute atomic E-state index is 0.437. The number of rotatable bonds is 18. The maximum atomic E-state index is 13.3. The van der Waals surface area contributed by atoms with Gasteiger partial charge in [0.15, 0.2) is 5.25 Å². The van der Waals surface area contributed by atoms with Crippen LogP contribution in [0.4, 0.5) is 0 Å². The van der Waals surface area contributed by atoms with E-state index in [1.54, 1.807) is 32.9 Å². The molecule has 4 nitrogen and oxygen atoms in total. The van der Waals surface area contributed by atoms with Gasteiger partial charge in [-0.1, -0.05) is 88.0 Å². The summed E-state index contributed by atoms with van der Waals surface area (Å²) in [5, 5.41) is 9.81. The molecule has 0 aliphatic rings. The number of ether oxygens (including phenoxy) is 1. The van der Waals surface area contributed by atoms with Gasteiger partial charge in [-0.3, -0.25) is 9.00 Å². The summed E-state index contributed by atoms with van der Waals surface area (Å²) < 4.78 is 18.9. The Bertz CT molecular complexity index is 822. The van der Waals surface area contributed by atoms with Crippen molar-refractivity contribution in [1.29, 1.82) is 0 Å². The average Bonchev–Trinajstić information content (AvgIpc) is 2.80. The Hall–Kier alpha value is -1.72. The Morgan fingerprint density at radius 2 is 1.53 bits per heavy atom. The average molecular weight is 519 g/mol. The van der Waals surface area contributed by atoms with E-state index in [1.807, 2.05) is 19.1 Å². The highest BCUT2D eigenvalue weighted by atomic mass is 32.2. The molecule has 0 radical (unpaired) electrons. The molecule has 5 heteroatoms. The third kappa shape index (κ3) is 14.1. The number of aliphatic hydroxyl groups is 1. The van der Waals surface area contributed by atoms with E-state index in [-0.39, 0.29) is 0 Å². The number of benzene rings is 1. The number of unbranched alkanes of at least 4 members (excludes halogenated alkanes) is 8. The van der Waals surface area contributed by atoms with Gasteiger partial charge in [-0.05, 0) is 77.8 Å². The van der Waals surface area contributed by atoms with Crippen LogP contribution in [-0.4, -0.2) is 32.2 Å². The smallest absolute Gasteiger partial charge is 0.325 e. The zero-order valence-corrected chi connectivity index (χ0v) is 24.2. The molecule has 0 fully saturated rings. The third-order valence-corrected chi connectivity index (χ3v) is 7.84. The summed E-state index contributed by atoms with van der Waals surface area (Å²) in [5.41, 5.74) is 0.137. The number of carbonyl (C=O) groups is 1. The van der Waals surface area contributed by atoms with Crippen LogP contribution in [-0.2, 0) is 20.3 Å². The van der Waals surface area contributed by atoms with Crippen LogP contribution < -0.4 is 0 Å². The number of carbonyl (C=O) groups excluding carboxylic acids is 1. The predicted molar refractivity (Wildman–Crippen MR) is 153 cm³/mol. The molecule has 0 aliphatic heterocycles. The molecule has 1 N–H and O–H groups in total. The van der Waals surface area contributed by atoms with Gasteiger partial charge in [-0.25, -0.2) is 0 Å². The number of hydrogen-bond donors (Lipinski definition) is 1. The Morgan fingerprint density at radius 3 is 2.14 bits per heavy atom. The molecular weight excluding hydrogens is 468 g/mol. The summed E-state index contributed by atoms with van der Waals surface area (Å²) in [5.74, 6) is -0.598. The van der Waals surface area contributed by atoms with Crippen molar-refractivity contribution in [3.8, 4) is 0 Å². The van der Waals surface area contributed by atoms with Crippen LogP contribution in [0.15, 0.2) is 53.5 Å². The Morgan fingerprint density at radius 1 is 0.944 bits per heavy atom. The molecule has 0 aliphatic carbocycles. The molecule has 1 aromatic carbocycles. The summed E-state index contributed by atoms with van der Waals surface area (Å²) in [6, 6.07) is 7.30. The molecule has 1 aromatic rings. The second-order valence-electron chi connectivity index (χ2n) is 10.6. The molecule has 0 spiro atoms. The van der Waals surface area contributed by atoms with Gasteiger partial charge in [-0.15, -0.1) is 0 Å². The number of esters is 1. The second-order valence-corrected chi connectivity index (χ2v) is 12.1. The SMILES string of the molecule is CCCCC/C=C\C/C=C\CCCCCCCC(O)[C@H](C(=O)OC(C)(C)C)S(=O)c1ccccc1C. The predicted octanol–water partition coefficient (Wildman–Crippen LogP) is 7.99. The molecule has 1 rings (SSSR count). The Balaban J connectivity index is 2.41. The first-order valence-corrected chi connectivity index (χ1v) is 15.1. The van der Waals surface area contributed by atoms with Crippen molar-refractivity contribution >= 4 is 16.8 Å². The molecule has 3 atom stereocenters. The first kappa shape index (κ1) is 32.3. The molecule has 0 saturated heterocycles. The molecule has 36 heavy (non-hydrogen) atoms. The Kier molecular flexibility index (Phi) is 16.6. The van der Waals surface area contributed by atoms with E-state index >= 15 is 0 Å². The first-order valence-electron chi connectivity index (χ1n) is 13.8. The number of hydrogen-bond acceptors (Lipinski definition) is 4. The van der Waals surface area contributed by atoms with Crippen LogP contribution in [0.25, 0.3) is 0 Å². The van der Waals surface area contributed by atoms with Gasteiger partial charge in [0, 0.05) is 4.90 Å². The first-order chi connectivity index (χ1) is 17.2. The van der Waals surface area contributed by atoms with E-state index in [1.165, 1.54) is 25.7 Å². The third-order valence-electron chi connectivity index (χ3n) is 5.98.